The Labute approximate surface area is 128 Å². The van der Waals surface area contributed by atoms with Crippen LogP contribution < -0.4 is 11.3 Å². The Bertz CT molecular complexity index is 760. The average molecular weight is 300 g/mol. The first-order valence-corrected chi connectivity index (χ1v) is 7.37. The Morgan fingerprint density at radius 1 is 1.32 bits per heavy atom. The molecule has 1 aromatic carbocycles. The standard InChI is InChI=1S/C16H20N4O2/c1-19-14-5-3-2-4-12(14)10-13(15(19)21)11-18-16(17)20-6-8-22-9-7-20/h2-5,10H,6-9,11H2,1H3,(H2,17,18). The van der Waals surface area contributed by atoms with Crippen LogP contribution in [0.2, 0.25) is 0 Å². The van der Waals surface area contributed by atoms with Crippen molar-refractivity contribution in [2.24, 2.45) is 17.8 Å². The van der Waals surface area contributed by atoms with E-state index in [4.69, 9.17) is 10.5 Å². The van der Waals surface area contributed by atoms with E-state index in [1.54, 1.807) is 11.6 Å². The summed E-state index contributed by atoms with van der Waals surface area (Å²) >= 11 is 0. The van der Waals surface area contributed by atoms with Crippen molar-refractivity contribution in [3.63, 3.8) is 0 Å². The van der Waals surface area contributed by atoms with Gasteiger partial charge in [0.1, 0.15) is 0 Å². The summed E-state index contributed by atoms with van der Waals surface area (Å²) in [6, 6.07) is 9.71. The molecule has 0 saturated carbocycles. The maximum absolute atomic E-state index is 12.4. The van der Waals surface area contributed by atoms with Gasteiger partial charge in [-0.05, 0) is 17.5 Å². The number of ether oxygens (including phenoxy) is 1. The van der Waals surface area contributed by atoms with Crippen molar-refractivity contribution in [1.29, 1.82) is 0 Å². The van der Waals surface area contributed by atoms with E-state index in [2.05, 4.69) is 4.99 Å². The SMILES string of the molecule is Cn1c(=O)c(CN=C(N)N2CCOCC2)cc2ccccc21. The Balaban J connectivity index is 1.87. The van der Waals surface area contributed by atoms with Crippen molar-refractivity contribution in [1.82, 2.24) is 9.47 Å². The van der Waals surface area contributed by atoms with Gasteiger partial charge in [-0.3, -0.25) is 4.79 Å². The number of para-hydroxylation sites is 1. The van der Waals surface area contributed by atoms with Gasteiger partial charge in [0.25, 0.3) is 5.56 Å². The van der Waals surface area contributed by atoms with E-state index in [9.17, 15) is 4.79 Å². The number of aliphatic imine (C=N–C) groups is 1. The smallest absolute Gasteiger partial charge is 0.255 e. The molecular formula is C16H20N4O2. The molecule has 22 heavy (non-hydrogen) atoms. The van der Waals surface area contributed by atoms with E-state index in [0.29, 0.717) is 31.3 Å². The maximum Gasteiger partial charge on any atom is 0.255 e. The van der Waals surface area contributed by atoms with Crippen LogP contribution in [0.5, 0.6) is 0 Å². The van der Waals surface area contributed by atoms with Gasteiger partial charge in [-0.2, -0.15) is 0 Å². The number of rotatable bonds is 2. The van der Waals surface area contributed by atoms with Crippen molar-refractivity contribution < 1.29 is 4.74 Å². The highest BCUT2D eigenvalue weighted by atomic mass is 16.5. The molecule has 1 aliphatic heterocycles. The van der Waals surface area contributed by atoms with Crippen molar-refractivity contribution in [2.45, 2.75) is 6.54 Å². The zero-order chi connectivity index (χ0) is 15.5. The summed E-state index contributed by atoms with van der Waals surface area (Å²) in [5, 5.41) is 1.03. The highest BCUT2D eigenvalue weighted by Crippen LogP contribution is 2.12. The molecule has 3 rings (SSSR count). The third kappa shape index (κ3) is 2.82. The molecule has 0 aliphatic carbocycles. The van der Waals surface area contributed by atoms with Gasteiger partial charge in [-0.1, -0.05) is 18.2 Å². The Hall–Kier alpha value is -2.34. The predicted molar refractivity (Wildman–Crippen MR) is 86.9 cm³/mol. The second kappa shape index (κ2) is 6.19. The fourth-order valence-electron chi connectivity index (χ4n) is 2.66. The fraction of sp³-hybridized carbons (Fsp3) is 0.375. The van der Waals surface area contributed by atoms with Crippen LogP contribution in [-0.4, -0.2) is 41.7 Å². The Kier molecular flexibility index (Phi) is 4.11. The number of aromatic nitrogens is 1. The molecule has 2 heterocycles. The number of morpholine rings is 1. The Morgan fingerprint density at radius 2 is 2.05 bits per heavy atom. The molecule has 6 heteroatoms. The second-order valence-corrected chi connectivity index (χ2v) is 5.37. The lowest BCUT2D eigenvalue weighted by atomic mass is 10.1. The van der Waals surface area contributed by atoms with Gasteiger partial charge < -0.3 is 19.9 Å². The molecule has 116 valence electrons. The molecule has 1 aromatic heterocycles. The molecule has 2 aromatic rings. The van der Waals surface area contributed by atoms with Crippen LogP contribution in [0.4, 0.5) is 0 Å². The predicted octanol–water partition coefficient (Wildman–Crippen LogP) is 0.685. The largest absolute Gasteiger partial charge is 0.378 e. The van der Waals surface area contributed by atoms with E-state index >= 15 is 0 Å². The molecule has 2 N–H and O–H groups in total. The molecule has 0 spiro atoms. The summed E-state index contributed by atoms with van der Waals surface area (Å²) < 4.78 is 6.95. The first kappa shape index (κ1) is 14.6. The zero-order valence-corrected chi connectivity index (χ0v) is 12.7. The summed E-state index contributed by atoms with van der Waals surface area (Å²) in [6.07, 6.45) is 0. The van der Waals surface area contributed by atoms with Gasteiger partial charge in [0.2, 0.25) is 0 Å². The molecule has 0 bridgehead atoms. The van der Waals surface area contributed by atoms with Gasteiger partial charge in [-0.15, -0.1) is 0 Å². The quantitative estimate of drug-likeness (QED) is 0.654. The molecule has 0 unspecified atom stereocenters. The first-order chi connectivity index (χ1) is 10.7. The van der Waals surface area contributed by atoms with Crippen LogP contribution in [-0.2, 0) is 18.3 Å². The number of aryl methyl sites for hydroxylation is 1. The first-order valence-electron chi connectivity index (χ1n) is 7.37. The minimum absolute atomic E-state index is 0.0303. The van der Waals surface area contributed by atoms with Gasteiger partial charge in [0.15, 0.2) is 5.96 Å². The van der Waals surface area contributed by atoms with E-state index in [-0.39, 0.29) is 5.56 Å². The third-order valence-electron chi connectivity index (χ3n) is 3.95. The molecule has 1 fully saturated rings. The van der Waals surface area contributed by atoms with Crippen LogP contribution in [0.3, 0.4) is 0 Å². The minimum Gasteiger partial charge on any atom is -0.378 e. The number of hydrogen-bond acceptors (Lipinski definition) is 3. The van der Waals surface area contributed by atoms with Crippen LogP contribution in [0.15, 0.2) is 40.1 Å². The van der Waals surface area contributed by atoms with Crippen molar-refractivity contribution in [2.75, 3.05) is 26.3 Å². The molecule has 6 nitrogen and oxygen atoms in total. The van der Waals surface area contributed by atoms with Crippen LogP contribution >= 0.6 is 0 Å². The van der Waals surface area contributed by atoms with Gasteiger partial charge in [-0.25, -0.2) is 4.99 Å². The summed E-state index contributed by atoms with van der Waals surface area (Å²) in [4.78, 5) is 18.8. The fourth-order valence-corrected chi connectivity index (χ4v) is 2.66. The summed E-state index contributed by atoms with van der Waals surface area (Å²) in [5.41, 5.74) is 7.55. The number of nitrogens with two attached hydrogens (primary N) is 1. The summed E-state index contributed by atoms with van der Waals surface area (Å²) in [6.45, 7) is 3.10. The second-order valence-electron chi connectivity index (χ2n) is 5.37. The van der Waals surface area contributed by atoms with Crippen LogP contribution in [0.1, 0.15) is 5.56 Å². The molecule has 0 amide bonds. The number of guanidine groups is 1. The lowest BCUT2D eigenvalue weighted by Crippen LogP contribution is -2.44. The van der Waals surface area contributed by atoms with Crippen molar-refractivity contribution >= 4 is 16.9 Å². The molecule has 1 saturated heterocycles. The number of hydrogen-bond donors (Lipinski definition) is 1. The Morgan fingerprint density at radius 3 is 2.82 bits per heavy atom. The van der Waals surface area contributed by atoms with E-state index in [0.717, 1.165) is 24.0 Å². The minimum atomic E-state index is -0.0303. The highest BCUT2D eigenvalue weighted by molar-refractivity contribution is 5.80. The zero-order valence-electron chi connectivity index (χ0n) is 12.7. The number of benzene rings is 1. The van der Waals surface area contributed by atoms with Gasteiger partial charge in [0.05, 0.1) is 25.3 Å². The number of fused-ring (bicyclic) bond motifs is 1. The number of nitrogens with zero attached hydrogens (tertiary/aromatic N) is 3. The highest BCUT2D eigenvalue weighted by Gasteiger charge is 2.12. The maximum atomic E-state index is 12.4. The summed E-state index contributed by atoms with van der Waals surface area (Å²) in [5.74, 6) is 0.471. The monoisotopic (exact) mass is 300 g/mol. The number of pyridine rings is 1. The van der Waals surface area contributed by atoms with Gasteiger partial charge in [0, 0.05) is 25.7 Å². The molecular weight excluding hydrogens is 280 g/mol. The average Bonchev–Trinajstić information content (AvgIpc) is 2.57. The molecule has 0 atom stereocenters. The van der Waals surface area contributed by atoms with Crippen LogP contribution in [0, 0.1) is 0 Å². The lowest BCUT2D eigenvalue weighted by molar-refractivity contribution is 0.0674. The normalized spacial score (nSPS) is 16.2. The summed E-state index contributed by atoms with van der Waals surface area (Å²) in [7, 11) is 1.78. The molecule has 1 aliphatic rings. The van der Waals surface area contributed by atoms with Crippen LogP contribution in [0.25, 0.3) is 10.9 Å². The molecule has 0 radical (unpaired) electrons. The van der Waals surface area contributed by atoms with E-state index in [1.807, 2.05) is 35.2 Å². The van der Waals surface area contributed by atoms with E-state index in [1.165, 1.54) is 0 Å². The van der Waals surface area contributed by atoms with Gasteiger partial charge >= 0.3 is 0 Å². The topological polar surface area (TPSA) is 72.8 Å². The third-order valence-corrected chi connectivity index (χ3v) is 3.95. The van der Waals surface area contributed by atoms with Crippen molar-refractivity contribution in [3.8, 4) is 0 Å². The van der Waals surface area contributed by atoms with E-state index < -0.39 is 0 Å². The lowest BCUT2D eigenvalue weighted by Gasteiger charge is -2.27. The van der Waals surface area contributed by atoms with Crippen molar-refractivity contribution in [3.05, 3.63) is 46.2 Å².